The van der Waals surface area contributed by atoms with Crippen molar-refractivity contribution in [1.82, 2.24) is 0 Å². The fourth-order valence-corrected chi connectivity index (χ4v) is 5.45. The molecule has 1 fully saturated rings. The number of benzene rings is 2. The number of azo groups is 1. The molecule has 0 aromatic heterocycles. The second-order valence-corrected chi connectivity index (χ2v) is 11.7. The maximum absolute atomic E-state index is 12.8. The van der Waals surface area contributed by atoms with Crippen LogP contribution >= 0.6 is 0 Å². The van der Waals surface area contributed by atoms with Crippen molar-refractivity contribution in [2.75, 3.05) is 6.61 Å². The molecule has 0 radical (unpaired) electrons. The van der Waals surface area contributed by atoms with Crippen molar-refractivity contribution in [2.45, 2.75) is 111 Å². The Bertz CT molecular complexity index is 985. The molecule has 2 aromatic rings. The first-order valence-electron chi connectivity index (χ1n) is 15.4. The minimum Gasteiger partial charge on any atom is -0.494 e. The predicted molar refractivity (Wildman–Crippen MR) is 160 cm³/mol. The molecule has 0 aliphatic heterocycles. The van der Waals surface area contributed by atoms with Gasteiger partial charge in [-0.05, 0) is 85.5 Å². The highest BCUT2D eigenvalue weighted by molar-refractivity contribution is 5.89. The lowest BCUT2D eigenvalue weighted by molar-refractivity contribution is -0.0174. The predicted octanol–water partition coefficient (Wildman–Crippen LogP) is 10.6. The first kappa shape index (κ1) is 30.8. The summed E-state index contributed by atoms with van der Waals surface area (Å²) in [5, 5.41) is 8.66. The molecule has 5 nitrogen and oxygen atoms in total. The van der Waals surface area contributed by atoms with Gasteiger partial charge >= 0.3 is 5.97 Å². The summed E-state index contributed by atoms with van der Waals surface area (Å²) < 4.78 is 11.8. The summed E-state index contributed by atoms with van der Waals surface area (Å²) >= 11 is 0. The molecule has 3 atom stereocenters. The molecule has 39 heavy (non-hydrogen) atoms. The van der Waals surface area contributed by atoms with Gasteiger partial charge < -0.3 is 9.47 Å². The van der Waals surface area contributed by atoms with Crippen molar-refractivity contribution in [2.24, 2.45) is 28.0 Å². The van der Waals surface area contributed by atoms with Crippen LogP contribution in [0.15, 0.2) is 58.8 Å². The molecule has 0 unspecified atom stereocenters. The zero-order valence-electron chi connectivity index (χ0n) is 24.7. The van der Waals surface area contributed by atoms with Crippen LogP contribution in [0, 0.1) is 17.8 Å². The van der Waals surface area contributed by atoms with Gasteiger partial charge in [0.2, 0.25) is 0 Å². The quantitative estimate of drug-likeness (QED) is 0.122. The topological polar surface area (TPSA) is 60.2 Å². The standard InChI is InChI=1S/C34H50N2O3/c1-5-6-7-8-9-10-11-12-13-24-38-31-21-19-30(20-22-31)36-35-29-17-15-28(16-18-29)34(37)39-33-25-27(4)14-23-32(33)26(2)3/h15-22,26-27,32-33H,5-14,23-25H2,1-4H3/t27-,32+,33-/m1/s1. The van der Waals surface area contributed by atoms with Gasteiger partial charge in [0.1, 0.15) is 11.9 Å². The minimum absolute atomic E-state index is 0.00216. The number of esters is 1. The van der Waals surface area contributed by atoms with Crippen molar-refractivity contribution in [3.63, 3.8) is 0 Å². The Morgan fingerprint density at radius 3 is 1.97 bits per heavy atom. The number of nitrogens with zero attached hydrogens (tertiary/aromatic N) is 2. The highest BCUT2D eigenvalue weighted by atomic mass is 16.5. The maximum Gasteiger partial charge on any atom is 0.338 e. The van der Waals surface area contributed by atoms with E-state index in [0.29, 0.717) is 29.0 Å². The SMILES string of the molecule is CCCCCCCCCCCOc1ccc(N=Nc2ccc(C(=O)O[C@@H]3C[C@H](C)CC[C@H]3C(C)C)cc2)cc1. The molecule has 0 bridgehead atoms. The first-order chi connectivity index (χ1) is 19.0. The maximum atomic E-state index is 12.8. The Hall–Kier alpha value is -2.69. The van der Waals surface area contributed by atoms with Gasteiger partial charge in [0, 0.05) is 0 Å². The molecule has 1 aliphatic rings. The summed E-state index contributed by atoms with van der Waals surface area (Å²) in [6, 6.07) is 14.9. The summed E-state index contributed by atoms with van der Waals surface area (Å²) in [5.74, 6) is 2.16. The number of carbonyl (C=O) groups is 1. The normalized spacial score (nSPS) is 19.5. The molecular weight excluding hydrogens is 484 g/mol. The van der Waals surface area contributed by atoms with Crippen molar-refractivity contribution in [3.05, 3.63) is 54.1 Å². The molecule has 0 heterocycles. The molecule has 1 saturated carbocycles. The average Bonchev–Trinajstić information content (AvgIpc) is 2.93. The van der Waals surface area contributed by atoms with E-state index in [0.717, 1.165) is 37.3 Å². The second-order valence-electron chi connectivity index (χ2n) is 11.7. The fraction of sp³-hybridized carbons (Fsp3) is 0.618. The van der Waals surface area contributed by atoms with Crippen LogP contribution in [0.25, 0.3) is 0 Å². The Kier molecular flexibility index (Phi) is 13.5. The van der Waals surface area contributed by atoms with Gasteiger partial charge in [-0.15, -0.1) is 0 Å². The molecule has 0 spiro atoms. The zero-order valence-corrected chi connectivity index (χ0v) is 24.7. The van der Waals surface area contributed by atoms with Gasteiger partial charge in [-0.3, -0.25) is 0 Å². The summed E-state index contributed by atoms with van der Waals surface area (Å²) in [7, 11) is 0. The monoisotopic (exact) mass is 534 g/mol. The number of unbranched alkanes of at least 4 members (excludes halogenated alkanes) is 8. The van der Waals surface area contributed by atoms with E-state index >= 15 is 0 Å². The molecule has 2 aromatic carbocycles. The van der Waals surface area contributed by atoms with E-state index < -0.39 is 0 Å². The third-order valence-electron chi connectivity index (χ3n) is 7.96. The molecular formula is C34H50N2O3. The van der Waals surface area contributed by atoms with Crippen molar-refractivity contribution in [3.8, 4) is 5.75 Å². The summed E-state index contributed by atoms with van der Waals surface area (Å²) in [4.78, 5) is 12.8. The number of hydrogen-bond acceptors (Lipinski definition) is 5. The number of hydrogen-bond donors (Lipinski definition) is 0. The molecule has 1 aliphatic carbocycles. The molecule has 0 saturated heterocycles. The zero-order chi connectivity index (χ0) is 27.9. The van der Waals surface area contributed by atoms with Gasteiger partial charge in [-0.25, -0.2) is 4.79 Å². The van der Waals surface area contributed by atoms with Gasteiger partial charge in [0.05, 0.1) is 23.5 Å². The van der Waals surface area contributed by atoms with Crippen LogP contribution in [0.4, 0.5) is 11.4 Å². The Morgan fingerprint density at radius 1 is 0.821 bits per heavy atom. The molecule has 214 valence electrons. The summed E-state index contributed by atoms with van der Waals surface area (Å²) in [5.41, 5.74) is 2.02. The Labute approximate surface area is 236 Å². The van der Waals surface area contributed by atoms with Crippen LogP contribution in [0.1, 0.15) is 115 Å². The van der Waals surface area contributed by atoms with Crippen LogP contribution in [-0.4, -0.2) is 18.7 Å². The smallest absolute Gasteiger partial charge is 0.338 e. The van der Waals surface area contributed by atoms with Gasteiger partial charge in [0.25, 0.3) is 0 Å². The number of ether oxygens (including phenoxy) is 2. The van der Waals surface area contributed by atoms with E-state index in [1.165, 1.54) is 57.8 Å². The van der Waals surface area contributed by atoms with E-state index in [1.54, 1.807) is 12.1 Å². The van der Waals surface area contributed by atoms with Crippen LogP contribution in [0.2, 0.25) is 0 Å². The lowest BCUT2D eigenvalue weighted by Crippen LogP contribution is -2.35. The van der Waals surface area contributed by atoms with E-state index in [4.69, 9.17) is 9.47 Å². The molecule has 0 N–H and O–H groups in total. The average molecular weight is 535 g/mol. The lowest BCUT2D eigenvalue weighted by Gasteiger charge is -2.36. The van der Waals surface area contributed by atoms with Crippen molar-refractivity contribution < 1.29 is 14.3 Å². The first-order valence-corrected chi connectivity index (χ1v) is 15.4. The largest absolute Gasteiger partial charge is 0.494 e. The van der Waals surface area contributed by atoms with E-state index in [-0.39, 0.29) is 12.1 Å². The highest BCUT2D eigenvalue weighted by Gasteiger charge is 2.33. The van der Waals surface area contributed by atoms with Gasteiger partial charge in [0.15, 0.2) is 0 Å². The second kappa shape index (κ2) is 17.1. The number of rotatable bonds is 16. The van der Waals surface area contributed by atoms with E-state index in [9.17, 15) is 4.79 Å². The Balaban J connectivity index is 1.38. The van der Waals surface area contributed by atoms with Crippen LogP contribution in [-0.2, 0) is 4.74 Å². The van der Waals surface area contributed by atoms with Crippen LogP contribution in [0.5, 0.6) is 5.75 Å². The third kappa shape index (κ3) is 11.1. The van der Waals surface area contributed by atoms with Crippen molar-refractivity contribution in [1.29, 1.82) is 0 Å². The van der Waals surface area contributed by atoms with Crippen LogP contribution < -0.4 is 4.74 Å². The van der Waals surface area contributed by atoms with E-state index in [2.05, 4.69) is 37.9 Å². The van der Waals surface area contributed by atoms with Gasteiger partial charge in [-0.2, -0.15) is 10.2 Å². The fourth-order valence-electron chi connectivity index (χ4n) is 5.45. The molecule has 0 amide bonds. The minimum atomic E-state index is -0.249. The lowest BCUT2D eigenvalue weighted by atomic mass is 9.75. The van der Waals surface area contributed by atoms with E-state index in [1.807, 2.05) is 36.4 Å². The molecule has 5 heteroatoms. The van der Waals surface area contributed by atoms with Crippen LogP contribution in [0.3, 0.4) is 0 Å². The van der Waals surface area contributed by atoms with Gasteiger partial charge in [-0.1, -0.05) is 85.5 Å². The Morgan fingerprint density at radius 2 is 1.38 bits per heavy atom. The van der Waals surface area contributed by atoms with Crippen molar-refractivity contribution >= 4 is 17.3 Å². The molecule has 3 rings (SSSR count). The third-order valence-corrected chi connectivity index (χ3v) is 7.96. The summed E-state index contributed by atoms with van der Waals surface area (Å²) in [6.07, 6.45) is 15.1. The highest BCUT2D eigenvalue weighted by Crippen LogP contribution is 2.35. The summed E-state index contributed by atoms with van der Waals surface area (Å²) in [6.45, 7) is 9.71. The number of carbonyl (C=O) groups excluding carboxylic acids is 1.